The average molecular weight is 598 g/mol. The minimum absolute atomic E-state index is 0.0340. The molecule has 2 heterocycles. The molecule has 0 atom stereocenters. The zero-order valence-electron chi connectivity index (χ0n) is 25.8. The zero-order valence-corrected chi connectivity index (χ0v) is 26.7. The van der Waals surface area contributed by atoms with Crippen LogP contribution in [-0.2, 0) is 12.8 Å². The Kier molecular flexibility index (Phi) is 12.3. The van der Waals surface area contributed by atoms with E-state index in [0.29, 0.717) is 54.3 Å². The second kappa shape index (κ2) is 15.9. The van der Waals surface area contributed by atoms with Crippen LogP contribution in [0.25, 0.3) is 5.70 Å². The van der Waals surface area contributed by atoms with Crippen LogP contribution in [0.2, 0.25) is 0 Å². The Balaban J connectivity index is 0.00000248. The van der Waals surface area contributed by atoms with Crippen LogP contribution in [0.1, 0.15) is 84.6 Å². The fourth-order valence-corrected chi connectivity index (χ4v) is 5.35. The molecule has 0 aliphatic carbocycles. The molecule has 0 saturated heterocycles. The number of rotatable bonds is 10. The highest BCUT2D eigenvalue weighted by Gasteiger charge is 2.28. The van der Waals surface area contributed by atoms with Crippen molar-refractivity contribution in [3.8, 4) is 12.3 Å². The van der Waals surface area contributed by atoms with E-state index in [1.54, 1.807) is 26.6 Å². The highest BCUT2D eigenvalue weighted by Crippen LogP contribution is 2.31. The van der Waals surface area contributed by atoms with Gasteiger partial charge in [-0.2, -0.15) is 5.10 Å². The summed E-state index contributed by atoms with van der Waals surface area (Å²) < 4.78 is 1.79. The summed E-state index contributed by atoms with van der Waals surface area (Å²) in [6.45, 7) is 13.7. The van der Waals surface area contributed by atoms with Gasteiger partial charge in [0, 0.05) is 59.1 Å². The molecular formula is C35H43N5O2S. The number of carbonyl (C=O) groups is 2. The van der Waals surface area contributed by atoms with Gasteiger partial charge in [0.25, 0.3) is 11.8 Å². The Labute approximate surface area is 261 Å². The third kappa shape index (κ3) is 7.60. The Hall–Kier alpha value is -4.22. The largest absolute Gasteiger partial charge is 0.398 e. The molecule has 226 valence electrons. The Bertz CT molecular complexity index is 1530. The van der Waals surface area contributed by atoms with Gasteiger partial charge in [0.2, 0.25) is 0 Å². The standard InChI is InChI=1S/C33H37N5O2S.C2H6/c1-5-9-18-36(17-7-3)32(39)25-14-16-29-23(20-25)12-10-19-37(29)33(40)28-22-26(8-4)38(35-28)30(11-6-2)24-13-15-27(34)31(41)21-24;1-2/h1,6,11,13-16,20-22,41H,2,7-10,12,17-19,34H2,3-4H3;1-2H3/b30-11-;. The van der Waals surface area contributed by atoms with Gasteiger partial charge in [-0.25, -0.2) is 4.68 Å². The van der Waals surface area contributed by atoms with Gasteiger partial charge < -0.3 is 15.5 Å². The topological polar surface area (TPSA) is 84.5 Å². The molecule has 0 fully saturated rings. The van der Waals surface area contributed by atoms with E-state index < -0.39 is 0 Å². The van der Waals surface area contributed by atoms with E-state index in [4.69, 9.17) is 17.3 Å². The quantitative estimate of drug-likeness (QED) is 0.115. The number of nitrogens with zero attached hydrogens (tertiary/aromatic N) is 4. The molecule has 2 amide bonds. The summed E-state index contributed by atoms with van der Waals surface area (Å²) in [6, 6.07) is 13.0. The fourth-order valence-electron chi connectivity index (χ4n) is 5.13. The molecule has 8 heteroatoms. The molecule has 0 bridgehead atoms. The van der Waals surface area contributed by atoms with Crippen molar-refractivity contribution in [1.29, 1.82) is 0 Å². The normalized spacial score (nSPS) is 12.5. The molecule has 0 spiro atoms. The van der Waals surface area contributed by atoms with Crippen LogP contribution in [0.3, 0.4) is 0 Å². The first-order valence-electron chi connectivity index (χ1n) is 15.0. The molecule has 4 rings (SSSR count). The molecule has 1 aliphatic rings. The molecule has 0 radical (unpaired) electrons. The number of hydrogen-bond donors (Lipinski definition) is 2. The summed E-state index contributed by atoms with van der Waals surface area (Å²) in [4.78, 5) is 31.4. The number of benzene rings is 2. The maximum atomic E-state index is 13.9. The fraction of sp³-hybridized carbons (Fsp3) is 0.343. The molecule has 43 heavy (non-hydrogen) atoms. The predicted octanol–water partition coefficient (Wildman–Crippen LogP) is 6.89. The highest BCUT2D eigenvalue weighted by molar-refractivity contribution is 7.80. The molecule has 2 N–H and O–H groups in total. The van der Waals surface area contributed by atoms with Crippen LogP contribution < -0.4 is 10.6 Å². The highest BCUT2D eigenvalue weighted by atomic mass is 32.1. The number of carbonyl (C=O) groups excluding carboxylic acids is 2. The molecule has 7 nitrogen and oxygen atoms in total. The van der Waals surface area contributed by atoms with E-state index in [2.05, 4.69) is 25.1 Å². The number of aryl methyl sites for hydroxylation is 2. The van der Waals surface area contributed by atoms with Crippen LogP contribution in [-0.4, -0.2) is 46.1 Å². The molecule has 3 aromatic rings. The average Bonchev–Trinajstić information content (AvgIpc) is 3.47. The van der Waals surface area contributed by atoms with Crippen molar-refractivity contribution in [3.05, 3.63) is 89.3 Å². The number of thiol groups is 1. The molecular weight excluding hydrogens is 554 g/mol. The maximum absolute atomic E-state index is 13.9. The molecule has 1 aliphatic heterocycles. The number of nitrogens with two attached hydrogens (primary N) is 1. The summed E-state index contributed by atoms with van der Waals surface area (Å²) in [5.74, 6) is 2.41. The summed E-state index contributed by atoms with van der Waals surface area (Å²) in [7, 11) is 0. The molecule has 2 aromatic carbocycles. The van der Waals surface area contributed by atoms with Crippen LogP contribution in [0.5, 0.6) is 0 Å². The van der Waals surface area contributed by atoms with Crippen molar-refractivity contribution in [1.82, 2.24) is 14.7 Å². The van der Waals surface area contributed by atoms with Gasteiger partial charge in [0.1, 0.15) is 0 Å². The molecule has 1 aromatic heterocycles. The second-order valence-corrected chi connectivity index (χ2v) is 10.5. The summed E-state index contributed by atoms with van der Waals surface area (Å²) >= 11 is 4.48. The lowest BCUT2D eigenvalue weighted by Gasteiger charge is -2.30. The van der Waals surface area contributed by atoms with Crippen molar-refractivity contribution < 1.29 is 9.59 Å². The van der Waals surface area contributed by atoms with Gasteiger partial charge in [0.05, 0.1) is 5.70 Å². The third-order valence-electron chi connectivity index (χ3n) is 7.19. The van der Waals surface area contributed by atoms with Gasteiger partial charge in [-0.3, -0.25) is 9.59 Å². The Morgan fingerprint density at radius 2 is 1.88 bits per heavy atom. The number of amides is 2. The van der Waals surface area contributed by atoms with Crippen LogP contribution in [0.4, 0.5) is 11.4 Å². The lowest BCUT2D eigenvalue weighted by molar-refractivity contribution is 0.0759. The van der Waals surface area contributed by atoms with Crippen molar-refractivity contribution in [2.75, 3.05) is 30.3 Å². The van der Waals surface area contributed by atoms with Crippen molar-refractivity contribution >= 4 is 41.5 Å². The van der Waals surface area contributed by atoms with E-state index in [-0.39, 0.29) is 11.8 Å². The van der Waals surface area contributed by atoms with Crippen molar-refractivity contribution in [3.63, 3.8) is 0 Å². The van der Waals surface area contributed by atoms with E-state index in [0.717, 1.165) is 47.5 Å². The van der Waals surface area contributed by atoms with E-state index in [9.17, 15) is 9.59 Å². The first kappa shape index (κ1) is 33.3. The number of anilines is 2. The minimum Gasteiger partial charge on any atom is -0.398 e. The summed E-state index contributed by atoms with van der Waals surface area (Å²) in [5.41, 5.74) is 11.9. The van der Waals surface area contributed by atoms with Crippen LogP contribution in [0.15, 0.2) is 66.1 Å². The van der Waals surface area contributed by atoms with Gasteiger partial charge in [-0.05, 0) is 73.7 Å². The number of hydrogen-bond acceptors (Lipinski definition) is 5. The number of fused-ring (bicyclic) bond motifs is 1. The first-order chi connectivity index (χ1) is 20.8. The number of nitrogen functional groups attached to an aromatic ring is 1. The van der Waals surface area contributed by atoms with Crippen molar-refractivity contribution in [2.45, 2.75) is 64.7 Å². The second-order valence-electron chi connectivity index (χ2n) is 10.00. The van der Waals surface area contributed by atoms with Gasteiger partial charge in [-0.15, -0.1) is 25.0 Å². The minimum atomic E-state index is -0.176. The molecule has 0 saturated carbocycles. The van der Waals surface area contributed by atoms with E-state index in [1.165, 1.54) is 0 Å². The first-order valence-corrected chi connectivity index (χ1v) is 15.5. The lowest BCUT2D eigenvalue weighted by atomic mass is 9.98. The van der Waals surface area contributed by atoms with Gasteiger partial charge in [0.15, 0.2) is 5.69 Å². The number of terminal acetylenes is 1. The van der Waals surface area contributed by atoms with Crippen LogP contribution >= 0.6 is 12.6 Å². The van der Waals surface area contributed by atoms with Crippen molar-refractivity contribution in [2.24, 2.45) is 0 Å². The smallest absolute Gasteiger partial charge is 0.278 e. The summed E-state index contributed by atoms with van der Waals surface area (Å²) in [5, 5.41) is 4.77. The zero-order chi connectivity index (χ0) is 31.5. The Morgan fingerprint density at radius 3 is 2.53 bits per heavy atom. The number of allylic oxidation sites excluding steroid dienone is 2. The lowest BCUT2D eigenvalue weighted by Crippen LogP contribution is -2.36. The van der Waals surface area contributed by atoms with E-state index in [1.807, 2.05) is 70.2 Å². The third-order valence-corrected chi connectivity index (χ3v) is 7.58. The van der Waals surface area contributed by atoms with Crippen LogP contribution in [0, 0.1) is 12.3 Å². The number of aromatic nitrogens is 2. The van der Waals surface area contributed by atoms with Gasteiger partial charge >= 0.3 is 0 Å². The maximum Gasteiger partial charge on any atom is 0.278 e. The Morgan fingerprint density at radius 1 is 1.14 bits per heavy atom. The molecule has 0 unspecified atom stereocenters. The SMILES string of the molecule is C#CCCN(CCC)C(=O)c1ccc2c(c1)CCCN2C(=O)c1cc(CC)n(/C(=C\C=C)c2ccc(N)c(S)c2)n1.CC. The van der Waals surface area contributed by atoms with E-state index >= 15 is 0 Å². The summed E-state index contributed by atoms with van der Waals surface area (Å²) in [6.07, 6.45) is 12.6. The van der Waals surface area contributed by atoms with Gasteiger partial charge in [-0.1, -0.05) is 46.4 Å². The monoisotopic (exact) mass is 597 g/mol. The predicted molar refractivity (Wildman–Crippen MR) is 181 cm³/mol.